The van der Waals surface area contributed by atoms with E-state index < -0.39 is 0 Å². The van der Waals surface area contributed by atoms with Crippen LogP contribution in [0.4, 0.5) is 5.00 Å². The molecule has 0 bridgehead atoms. The van der Waals surface area contributed by atoms with E-state index in [2.05, 4.69) is 10.6 Å². The molecule has 0 aliphatic heterocycles. The molecule has 2 amide bonds. The number of fused-ring (bicyclic) bond motifs is 1. The van der Waals surface area contributed by atoms with Gasteiger partial charge in [-0.2, -0.15) is 0 Å². The number of hydrogen-bond acceptors (Lipinski definition) is 4. The van der Waals surface area contributed by atoms with E-state index in [0.717, 1.165) is 37.7 Å². The minimum atomic E-state index is -0.0819. The van der Waals surface area contributed by atoms with Gasteiger partial charge in [0.2, 0.25) is 5.91 Å². The predicted octanol–water partition coefficient (Wildman–Crippen LogP) is 3.77. The highest BCUT2D eigenvalue weighted by molar-refractivity contribution is 7.17. The van der Waals surface area contributed by atoms with Crippen LogP contribution in [0.25, 0.3) is 0 Å². The quantitative estimate of drug-likeness (QED) is 0.722. The number of ether oxygens (including phenoxy) is 1. The second-order valence-corrected chi connectivity index (χ2v) is 8.91. The van der Waals surface area contributed by atoms with Crippen LogP contribution in [0.15, 0.2) is 0 Å². The van der Waals surface area contributed by atoms with Gasteiger partial charge in [0, 0.05) is 31.6 Å². The van der Waals surface area contributed by atoms with Crippen LogP contribution < -0.4 is 10.6 Å². The standard InChI is InChI=1S/C19H30N2O3S/c1-19(2,3)12-15(22)21-18-16(17(23)20-10-7-11-24-4)13-8-5-6-9-14(13)25-18/h5-12H2,1-4H3,(H,20,23)(H,21,22). The molecule has 0 atom stereocenters. The molecule has 25 heavy (non-hydrogen) atoms. The van der Waals surface area contributed by atoms with Crippen LogP contribution in [0.3, 0.4) is 0 Å². The first-order valence-electron chi connectivity index (χ1n) is 9.03. The Bertz CT molecular complexity index is 617. The van der Waals surface area contributed by atoms with Gasteiger partial charge in [-0.15, -0.1) is 11.3 Å². The molecule has 0 aromatic carbocycles. The number of hydrogen-bond donors (Lipinski definition) is 2. The maximum atomic E-state index is 12.7. The Kier molecular flexibility index (Phi) is 7.02. The summed E-state index contributed by atoms with van der Waals surface area (Å²) in [4.78, 5) is 26.3. The van der Waals surface area contributed by atoms with E-state index in [1.54, 1.807) is 18.4 Å². The number of aryl methyl sites for hydroxylation is 1. The van der Waals surface area contributed by atoms with Crippen molar-refractivity contribution in [2.75, 3.05) is 25.6 Å². The zero-order valence-corrected chi connectivity index (χ0v) is 16.6. The van der Waals surface area contributed by atoms with Crippen LogP contribution >= 0.6 is 11.3 Å². The van der Waals surface area contributed by atoms with Gasteiger partial charge in [-0.1, -0.05) is 20.8 Å². The highest BCUT2D eigenvalue weighted by atomic mass is 32.1. The smallest absolute Gasteiger partial charge is 0.254 e. The van der Waals surface area contributed by atoms with Crippen molar-refractivity contribution in [2.45, 2.75) is 59.3 Å². The van der Waals surface area contributed by atoms with Crippen molar-refractivity contribution in [2.24, 2.45) is 5.41 Å². The highest BCUT2D eigenvalue weighted by Crippen LogP contribution is 2.38. The van der Waals surface area contributed by atoms with Crippen LogP contribution in [0.2, 0.25) is 0 Å². The first-order valence-corrected chi connectivity index (χ1v) is 9.85. The zero-order chi connectivity index (χ0) is 18.4. The Morgan fingerprint density at radius 2 is 1.92 bits per heavy atom. The lowest BCUT2D eigenvalue weighted by Gasteiger charge is -2.17. The average Bonchev–Trinajstić information content (AvgIpc) is 2.87. The lowest BCUT2D eigenvalue weighted by Crippen LogP contribution is -2.27. The molecule has 140 valence electrons. The summed E-state index contributed by atoms with van der Waals surface area (Å²) in [6, 6.07) is 0. The lowest BCUT2D eigenvalue weighted by atomic mass is 9.92. The summed E-state index contributed by atoms with van der Waals surface area (Å²) in [7, 11) is 1.65. The largest absolute Gasteiger partial charge is 0.385 e. The Labute approximate surface area is 154 Å². The molecule has 0 saturated heterocycles. The number of methoxy groups -OCH3 is 1. The Hall–Kier alpha value is -1.40. The summed E-state index contributed by atoms with van der Waals surface area (Å²) in [5.41, 5.74) is 1.73. The van der Waals surface area contributed by atoms with Crippen LogP contribution in [0.5, 0.6) is 0 Å². The van der Waals surface area contributed by atoms with Crippen molar-refractivity contribution in [3.8, 4) is 0 Å². The molecule has 1 aromatic heterocycles. The minimum Gasteiger partial charge on any atom is -0.385 e. The third-order valence-corrected chi connectivity index (χ3v) is 5.36. The summed E-state index contributed by atoms with van der Waals surface area (Å²) in [6.07, 6.45) is 5.38. The molecule has 1 heterocycles. The lowest BCUT2D eigenvalue weighted by molar-refractivity contribution is -0.117. The number of carbonyl (C=O) groups is 2. The van der Waals surface area contributed by atoms with Crippen molar-refractivity contribution >= 4 is 28.2 Å². The highest BCUT2D eigenvalue weighted by Gasteiger charge is 2.27. The molecular weight excluding hydrogens is 336 g/mol. The number of thiophene rings is 1. The first-order chi connectivity index (χ1) is 11.8. The van der Waals surface area contributed by atoms with Gasteiger partial charge in [-0.3, -0.25) is 9.59 Å². The SMILES string of the molecule is COCCCNC(=O)c1c(NC(=O)CC(C)(C)C)sc2c1CCCC2. The maximum absolute atomic E-state index is 12.7. The summed E-state index contributed by atoms with van der Waals surface area (Å²) in [6.45, 7) is 7.31. The monoisotopic (exact) mass is 366 g/mol. The second-order valence-electron chi connectivity index (χ2n) is 7.80. The molecule has 0 radical (unpaired) electrons. The van der Waals surface area contributed by atoms with E-state index in [-0.39, 0.29) is 17.2 Å². The van der Waals surface area contributed by atoms with E-state index in [1.807, 2.05) is 20.8 Å². The molecule has 1 aliphatic rings. The van der Waals surface area contributed by atoms with Gasteiger partial charge in [0.15, 0.2) is 0 Å². The molecule has 0 fully saturated rings. The minimum absolute atomic E-state index is 0.0282. The second kappa shape index (κ2) is 8.81. The topological polar surface area (TPSA) is 67.4 Å². The van der Waals surface area contributed by atoms with Gasteiger partial charge < -0.3 is 15.4 Å². The van der Waals surface area contributed by atoms with Crippen LogP contribution in [0.1, 0.15) is 67.3 Å². The van der Waals surface area contributed by atoms with Crippen molar-refractivity contribution in [1.29, 1.82) is 0 Å². The molecule has 1 aliphatic carbocycles. The van der Waals surface area contributed by atoms with Crippen molar-refractivity contribution in [3.05, 3.63) is 16.0 Å². The molecule has 2 N–H and O–H groups in total. The van der Waals surface area contributed by atoms with Crippen LogP contribution in [-0.4, -0.2) is 32.1 Å². The Morgan fingerprint density at radius 1 is 1.20 bits per heavy atom. The van der Waals surface area contributed by atoms with E-state index in [4.69, 9.17) is 4.74 Å². The zero-order valence-electron chi connectivity index (χ0n) is 15.8. The molecule has 2 rings (SSSR count). The van der Waals surface area contributed by atoms with Gasteiger partial charge in [0.25, 0.3) is 5.91 Å². The molecular formula is C19H30N2O3S. The molecule has 0 saturated carbocycles. The molecule has 6 heteroatoms. The van der Waals surface area contributed by atoms with Crippen LogP contribution in [-0.2, 0) is 22.4 Å². The first kappa shape index (κ1) is 19.9. The number of anilines is 1. The summed E-state index contributed by atoms with van der Waals surface area (Å²) in [5, 5.41) is 6.68. The van der Waals surface area contributed by atoms with Crippen LogP contribution in [0, 0.1) is 5.41 Å². The van der Waals surface area contributed by atoms with Gasteiger partial charge in [-0.05, 0) is 43.1 Å². The molecule has 5 nitrogen and oxygen atoms in total. The summed E-state index contributed by atoms with van der Waals surface area (Å²) < 4.78 is 5.02. The normalized spacial score (nSPS) is 14.1. The van der Waals surface area contributed by atoms with E-state index in [9.17, 15) is 9.59 Å². The van der Waals surface area contributed by atoms with E-state index >= 15 is 0 Å². The van der Waals surface area contributed by atoms with Gasteiger partial charge in [0.05, 0.1) is 5.56 Å². The fourth-order valence-electron chi connectivity index (χ4n) is 3.05. The van der Waals surface area contributed by atoms with E-state index in [1.165, 1.54) is 4.88 Å². The molecule has 1 aromatic rings. The van der Waals surface area contributed by atoms with Crippen molar-refractivity contribution < 1.29 is 14.3 Å². The third-order valence-electron chi connectivity index (χ3n) is 4.15. The third kappa shape index (κ3) is 5.82. The fourth-order valence-corrected chi connectivity index (χ4v) is 4.36. The number of amides is 2. The van der Waals surface area contributed by atoms with Gasteiger partial charge >= 0.3 is 0 Å². The maximum Gasteiger partial charge on any atom is 0.254 e. The number of carbonyl (C=O) groups excluding carboxylic acids is 2. The van der Waals surface area contributed by atoms with Gasteiger partial charge in [0.1, 0.15) is 5.00 Å². The summed E-state index contributed by atoms with van der Waals surface area (Å²) in [5.74, 6) is -0.110. The van der Waals surface area contributed by atoms with Crippen molar-refractivity contribution in [1.82, 2.24) is 5.32 Å². The van der Waals surface area contributed by atoms with Gasteiger partial charge in [-0.25, -0.2) is 0 Å². The number of rotatable bonds is 7. The van der Waals surface area contributed by atoms with E-state index in [0.29, 0.717) is 30.1 Å². The Morgan fingerprint density at radius 3 is 2.60 bits per heavy atom. The Balaban J connectivity index is 2.16. The molecule has 0 spiro atoms. The average molecular weight is 367 g/mol. The fraction of sp³-hybridized carbons (Fsp3) is 0.684. The predicted molar refractivity (Wildman–Crippen MR) is 102 cm³/mol. The molecule has 0 unspecified atom stereocenters. The number of nitrogens with one attached hydrogen (secondary N) is 2. The van der Waals surface area contributed by atoms with Crippen molar-refractivity contribution in [3.63, 3.8) is 0 Å². The summed E-state index contributed by atoms with van der Waals surface area (Å²) >= 11 is 1.57.